The number of nitrogens with zero attached hydrogens (tertiary/aromatic N) is 1. The summed E-state index contributed by atoms with van der Waals surface area (Å²) in [7, 11) is 0. The van der Waals surface area contributed by atoms with E-state index in [2.05, 4.69) is 31.9 Å². The minimum atomic E-state index is -0.363. The highest BCUT2D eigenvalue weighted by atomic mass is 79.9. The summed E-state index contributed by atoms with van der Waals surface area (Å²) in [4.78, 5) is 10.5. The van der Waals surface area contributed by atoms with E-state index in [1.165, 1.54) is 6.07 Å². The fourth-order valence-electron chi connectivity index (χ4n) is 1.25. The average molecular weight is 349 g/mol. The molecule has 16 heavy (non-hydrogen) atoms. The van der Waals surface area contributed by atoms with Crippen molar-refractivity contribution in [2.24, 2.45) is 0 Å². The van der Waals surface area contributed by atoms with Gasteiger partial charge in [0, 0.05) is 15.9 Å². The first-order chi connectivity index (χ1) is 7.58. The van der Waals surface area contributed by atoms with Crippen molar-refractivity contribution in [3.05, 3.63) is 43.9 Å². The molecule has 0 saturated heterocycles. The van der Waals surface area contributed by atoms with Gasteiger partial charge in [0.1, 0.15) is 0 Å². The van der Waals surface area contributed by atoms with Gasteiger partial charge in [-0.1, -0.05) is 44.4 Å². The Morgan fingerprint density at radius 1 is 1.56 bits per heavy atom. The predicted molar refractivity (Wildman–Crippen MR) is 72.9 cm³/mol. The minimum absolute atomic E-state index is 0.126. The molecule has 0 heterocycles. The monoisotopic (exact) mass is 347 g/mol. The van der Waals surface area contributed by atoms with Crippen molar-refractivity contribution in [1.29, 1.82) is 0 Å². The van der Waals surface area contributed by atoms with Crippen LogP contribution in [0.25, 0.3) is 6.08 Å². The van der Waals surface area contributed by atoms with E-state index in [1.54, 1.807) is 12.1 Å². The largest absolute Gasteiger partial charge is 0.277 e. The van der Waals surface area contributed by atoms with Gasteiger partial charge in [-0.15, -0.1) is 0 Å². The Morgan fingerprint density at radius 2 is 2.25 bits per heavy atom. The number of allylic oxidation sites excluding steroid dienone is 1. The molecule has 0 amide bonds. The quantitative estimate of drug-likeness (QED) is 0.455. The van der Waals surface area contributed by atoms with Crippen LogP contribution in [0.5, 0.6) is 0 Å². The van der Waals surface area contributed by atoms with Gasteiger partial charge in [0.15, 0.2) is 0 Å². The maximum absolute atomic E-state index is 10.9. The van der Waals surface area contributed by atoms with Gasteiger partial charge < -0.3 is 0 Å². The molecule has 0 atom stereocenters. The van der Waals surface area contributed by atoms with Crippen LogP contribution in [-0.2, 0) is 0 Å². The molecule has 0 bridgehead atoms. The highest BCUT2D eigenvalue weighted by Crippen LogP contribution is 2.26. The third-order valence-corrected chi connectivity index (χ3v) is 3.39. The second kappa shape index (κ2) is 6.15. The first kappa shape index (κ1) is 13.4. The molecule has 86 valence electrons. The summed E-state index contributed by atoms with van der Waals surface area (Å²) < 4.78 is 0.716. The molecule has 1 aromatic rings. The van der Waals surface area contributed by atoms with Crippen LogP contribution >= 0.6 is 31.9 Å². The number of rotatable bonds is 4. The van der Waals surface area contributed by atoms with Gasteiger partial charge in [-0.3, -0.25) is 10.1 Å². The maximum Gasteiger partial charge on any atom is 0.277 e. The summed E-state index contributed by atoms with van der Waals surface area (Å²) in [6.45, 7) is 2.03. The smallest absolute Gasteiger partial charge is 0.258 e. The molecular weight excluding hydrogens is 338 g/mol. The Kier molecular flexibility index (Phi) is 5.15. The topological polar surface area (TPSA) is 43.1 Å². The number of hydrogen-bond acceptors (Lipinski definition) is 2. The van der Waals surface area contributed by atoms with Crippen LogP contribution in [0.1, 0.15) is 18.9 Å². The standard InChI is InChI=1S/C11H11Br2NO2/c1-2-8(7-12)5-9-3-4-10(13)6-11(9)14(15)16/h3-6H,2,7H2,1H3/b8-5-. The van der Waals surface area contributed by atoms with Gasteiger partial charge in [-0.05, 0) is 24.6 Å². The van der Waals surface area contributed by atoms with Crippen LogP contribution in [0.4, 0.5) is 5.69 Å². The van der Waals surface area contributed by atoms with Gasteiger partial charge in [0.25, 0.3) is 5.69 Å². The van der Waals surface area contributed by atoms with E-state index in [4.69, 9.17) is 0 Å². The summed E-state index contributed by atoms with van der Waals surface area (Å²) in [5.41, 5.74) is 1.90. The number of hydrogen-bond donors (Lipinski definition) is 0. The fourth-order valence-corrected chi connectivity index (χ4v) is 2.16. The van der Waals surface area contributed by atoms with E-state index < -0.39 is 0 Å². The highest BCUT2D eigenvalue weighted by Gasteiger charge is 2.12. The van der Waals surface area contributed by atoms with Gasteiger partial charge in [-0.25, -0.2) is 0 Å². The molecule has 0 N–H and O–H groups in total. The van der Waals surface area contributed by atoms with E-state index in [9.17, 15) is 10.1 Å². The van der Waals surface area contributed by atoms with Gasteiger partial charge in [0.2, 0.25) is 0 Å². The normalized spacial score (nSPS) is 11.6. The third-order valence-electron chi connectivity index (χ3n) is 2.17. The van der Waals surface area contributed by atoms with E-state index >= 15 is 0 Å². The first-order valence-corrected chi connectivity index (χ1v) is 6.69. The van der Waals surface area contributed by atoms with Crippen LogP contribution in [-0.4, -0.2) is 10.3 Å². The van der Waals surface area contributed by atoms with Crippen LogP contribution in [0.3, 0.4) is 0 Å². The van der Waals surface area contributed by atoms with E-state index in [1.807, 2.05) is 13.0 Å². The molecule has 1 rings (SSSR count). The second-order valence-corrected chi connectivity index (χ2v) is 4.73. The Balaban J connectivity index is 3.22. The van der Waals surface area contributed by atoms with Crippen molar-refractivity contribution in [3.8, 4) is 0 Å². The number of benzene rings is 1. The molecule has 0 radical (unpaired) electrons. The number of nitro groups is 1. The Hall–Kier alpha value is -0.680. The number of nitro benzene ring substituents is 1. The zero-order valence-electron chi connectivity index (χ0n) is 8.74. The minimum Gasteiger partial charge on any atom is -0.258 e. The SMILES string of the molecule is CC/C(=C/c1ccc(Br)cc1[N+](=O)[O-])CBr. The van der Waals surface area contributed by atoms with Crippen LogP contribution < -0.4 is 0 Å². The molecule has 1 aromatic carbocycles. The Bertz CT molecular complexity index is 424. The zero-order valence-corrected chi connectivity index (χ0v) is 11.9. The van der Waals surface area contributed by atoms with E-state index in [0.717, 1.165) is 17.3 Å². The Morgan fingerprint density at radius 3 is 2.75 bits per heavy atom. The lowest BCUT2D eigenvalue weighted by molar-refractivity contribution is -0.385. The molecule has 0 aliphatic carbocycles. The zero-order chi connectivity index (χ0) is 12.1. The third kappa shape index (κ3) is 3.42. The van der Waals surface area contributed by atoms with E-state index in [0.29, 0.717) is 10.0 Å². The number of alkyl halides is 1. The summed E-state index contributed by atoms with van der Waals surface area (Å²) in [6, 6.07) is 5.08. The molecular formula is C11H11Br2NO2. The molecule has 0 spiro atoms. The maximum atomic E-state index is 10.9. The predicted octanol–water partition coefficient (Wildman–Crippen LogP) is 4.55. The summed E-state index contributed by atoms with van der Waals surface area (Å²) in [5.74, 6) is 0. The van der Waals surface area contributed by atoms with Crippen molar-refractivity contribution < 1.29 is 4.92 Å². The lowest BCUT2D eigenvalue weighted by atomic mass is 10.1. The van der Waals surface area contributed by atoms with Crippen LogP contribution in [0.15, 0.2) is 28.2 Å². The summed E-state index contributed by atoms with van der Waals surface area (Å²) in [5, 5.41) is 11.6. The van der Waals surface area contributed by atoms with E-state index in [-0.39, 0.29) is 10.6 Å². The molecule has 0 unspecified atom stereocenters. The Labute approximate surface area is 111 Å². The molecule has 0 aliphatic heterocycles. The summed E-state index contributed by atoms with van der Waals surface area (Å²) >= 11 is 6.59. The van der Waals surface area contributed by atoms with Gasteiger partial charge in [-0.2, -0.15) is 0 Å². The fraction of sp³-hybridized carbons (Fsp3) is 0.273. The lowest BCUT2D eigenvalue weighted by Crippen LogP contribution is -1.92. The lowest BCUT2D eigenvalue weighted by Gasteiger charge is -2.02. The van der Waals surface area contributed by atoms with Crippen LogP contribution in [0, 0.1) is 10.1 Å². The molecule has 0 aromatic heterocycles. The first-order valence-electron chi connectivity index (χ1n) is 4.77. The number of halogens is 2. The second-order valence-electron chi connectivity index (χ2n) is 3.25. The summed E-state index contributed by atoms with van der Waals surface area (Å²) in [6.07, 6.45) is 2.73. The molecule has 0 fully saturated rings. The average Bonchev–Trinajstić information content (AvgIpc) is 2.27. The molecule has 0 aliphatic rings. The van der Waals surface area contributed by atoms with Crippen molar-refractivity contribution in [2.45, 2.75) is 13.3 Å². The van der Waals surface area contributed by atoms with Crippen molar-refractivity contribution in [2.75, 3.05) is 5.33 Å². The van der Waals surface area contributed by atoms with Crippen molar-refractivity contribution in [3.63, 3.8) is 0 Å². The molecule has 3 nitrogen and oxygen atoms in total. The highest BCUT2D eigenvalue weighted by molar-refractivity contribution is 9.10. The van der Waals surface area contributed by atoms with Crippen molar-refractivity contribution >= 4 is 43.6 Å². The molecule has 0 saturated carbocycles. The van der Waals surface area contributed by atoms with Crippen molar-refractivity contribution in [1.82, 2.24) is 0 Å². The van der Waals surface area contributed by atoms with Crippen LogP contribution in [0.2, 0.25) is 0 Å². The molecule has 5 heteroatoms. The van der Waals surface area contributed by atoms with Gasteiger partial charge >= 0.3 is 0 Å². The van der Waals surface area contributed by atoms with Gasteiger partial charge in [0.05, 0.1) is 10.5 Å².